The number of nitrogens with one attached hydrogen (secondary N) is 1. The fraction of sp³-hybridized carbons (Fsp3) is 0.625. The molecule has 0 atom stereocenters. The van der Waals surface area contributed by atoms with Gasteiger partial charge in [-0.05, 0) is 50.4 Å². The van der Waals surface area contributed by atoms with Gasteiger partial charge >= 0.3 is 0 Å². The van der Waals surface area contributed by atoms with Crippen LogP contribution in [0.25, 0.3) is 0 Å². The Morgan fingerprint density at radius 3 is 2.65 bits per heavy atom. The third-order valence-corrected chi connectivity index (χ3v) is 3.51. The number of benzene rings is 1. The minimum absolute atomic E-state index is 0.743. The SMILES string of the molecule is CCCNCc1cc(Br)cc(C)c1OCCCCOC. The van der Waals surface area contributed by atoms with Gasteiger partial charge in [-0.2, -0.15) is 0 Å². The molecule has 0 aromatic heterocycles. The average Bonchev–Trinajstić information content (AvgIpc) is 2.41. The molecule has 0 radical (unpaired) electrons. The van der Waals surface area contributed by atoms with E-state index >= 15 is 0 Å². The van der Waals surface area contributed by atoms with Crippen LogP contribution in [0.5, 0.6) is 5.75 Å². The topological polar surface area (TPSA) is 30.5 Å². The van der Waals surface area contributed by atoms with E-state index in [0.29, 0.717) is 0 Å². The Morgan fingerprint density at radius 1 is 1.20 bits per heavy atom. The van der Waals surface area contributed by atoms with Crippen LogP contribution in [0.1, 0.15) is 37.3 Å². The zero-order valence-corrected chi connectivity index (χ0v) is 14.4. The van der Waals surface area contributed by atoms with Crippen molar-refractivity contribution < 1.29 is 9.47 Å². The van der Waals surface area contributed by atoms with Crippen molar-refractivity contribution in [3.63, 3.8) is 0 Å². The minimum Gasteiger partial charge on any atom is -0.493 e. The number of halogens is 1. The molecule has 0 amide bonds. The largest absolute Gasteiger partial charge is 0.493 e. The molecule has 0 saturated carbocycles. The van der Waals surface area contributed by atoms with Crippen molar-refractivity contribution in [1.82, 2.24) is 5.32 Å². The summed E-state index contributed by atoms with van der Waals surface area (Å²) >= 11 is 3.56. The zero-order valence-electron chi connectivity index (χ0n) is 12.8. The van der Waals surface area contributed by atoms with Crippen molar-refractivity contribution in [3.05, 3.63) is 27.7 Å². The maximum atomic E-state index is 5.98. The number of methoxy groups -OCH3 is 1. The highest BCUT2D eigenvalue weighted by atomic mass is 79.9. The molecule has 0 aliphatic carbocycles. The van der Waals surface area contributed by atoms with Gasteiger partial charge in [0.2, 0.25) is 0 Å². The molecule has 1 aromatic carbocycles. The number of aryl methyl sites for hydroxylation is 1. The Hall–Kier alpha value is -0.580. The first kappa shape index (κ1) is 17.5. The molecule has 1 N–H and O–H groups in total. The standard InChI is InChI=1S/C16H26BrNO2/c1-4-7-18-12-14-11-15(17)10-13(2)16(14)20-9-6-5-8-19-3/h10-11,18H,4-9,12H2,1-3H3. The summed E-state index contributed by atoms with van der Waals surface area (Å²) in [5, 5.41) is 3.44. The van der Waals surface area contributed by atoms with E-state index in [1.165, 1.54) is 11.1 Å². The summed E-state index contributed by atoms with van der Waals surface area (Å²) in [6, 6.07) is 4.24. The van der Waals surface area contributed by atoms with Crippen LogP contribution in [-0.2, 0) is 11.3 Å². The lowest BCUT2D eigenvalue weighted by Gasteiger charge is -2.15. The van der Waals surface area contributed by atoms with Crippen molar-refractivity contribution in [2.75, 3.05) is 26.9 Å². The van der Waals surface area contributed by atoms with Gasteiger partial charge in [0.25, 0.3) is 0 Å². The van der Waals surface area contributed by atoms with Crippen LogP contribution < -0.4 is 10.1 Å². The van der Waals surface area contributed by atoms with Crippen LogP contribution >= 0.6 is 15.9 Å². The van der Waals surface area contributed by atoms with E-state index in [9.17, 15) is 0 Å². The molecule has 114 valence electrons. The van der Waals surface area contributed by atoms with Crippen molar-refractivity contribution in [1.29, 1.82) is 0 Å². The van der Waals surface area contributed by atoms with Crippen LogP contribution in [0, 0.1) is 6.92 Å². The molecule has 1 rings (SSSR count). The van der Waals surface area contributed by atoms with Crippen molar-refractivity contribution >= 4 is 15.9 Å². The molecule has 0 spiro atoms. The first-order valence-electron chi connectivity index (χ1n) is 7.30. The van der Waals surface area contributed by atoms with E-state index < -0.39 is 0 Å². The van der Waals surface area contributed by atoms with Crippen molar-refractivity contribution in [3.8, 4) is 5.75 Å². The molecule has 0 fully saturated rings. The first-order chi connectivity index (χ1) is 9.69. The Labute approximate surface area is 131 Å². The molecule has 0 aliphatic rings. The molecule has 0 aliphatic heterocycles. The van der Waals surface area contributed by atoms with Gasteiger partial charge in [0.05, 0.1) is 6.61 Å². The van der Waals surface area contributed by atoms with E-state index in [-0.39, 0.29) is 0 Å². The van der Waals surface area contributed by atoms with E-state index in [4.69, 9.17) is 9.47 Å². The van der Waals surface area contributed by atoms with Crippen molar-refractivity contribution in [2.24, 2.45) is 0 Å². The van der Waals surface area contributed by atoms with Gasteiger partial charge in [-0.15, -0.1) is 0 Å². The van der Waals surface area contributed by atoms with Crippen LogP contribution in [0.3, 0.4) is 0 Å². The molecular formula is C16H26BrNO2. The predicted molar refractivity (Wildman–Crippen MR) is 87.5 cm³/mol. The smallest absolute Gasteiger partial charge is 0.126 e. The Balaban J connectivity index is 2.61. The second kappa shape index (κ2) is 10.2. The highest BCUT2D eigenvalue weighted by molar-refractivity contribution is 9.10. The third-order valence-electron chi connectivity index (χ3n) is 3.05. The number of rotatable bonds is 10. The van der Waals surface area contributed by atoms with E-state index in [1.54, 1.807) is 7.11 Å². The molecule has 0 bridgehead atoms. The molecule has 1 aromatic rings. The van der Waals surface area contributed by atoms with E-state index in [2.05, 4.69) is 47.2 Å². The minimum atomic E-state index is 0.743. The molecule has 0 unspecified atom stereocenters. The lowest BCUT2D eigenvalue weighted by atomic mass is 10.1. The average molecular weight is 344 g/mol. The molecule has 4 heteroatoms. The molecule has 3 nitrogen and oxygen atoms in total. The molecule has 0 saturated heterocycles. The van der Waals surface area contributed by atoms with Crippen LogP contribution in [0.15, 0.2) is 16.6 Å². The number of unbranched alkanes of at least 4 members (excludes halogenated alkanes) is 1. The fourth-order valence-electron chi connectivity index (χ4n) is 2.06. The van der Waals surface area contributed by atoms with Crippen LogP contribution in [0.4, 0.5) is 0 Å². The Morgan fingerprint density at radius 2 is 1.95 bits per heavy atom. The van der Waals surface area contributed by atoms with E-state index in [1.807, 2.05) is 0 Å². The number of hydrogen-bond acceptors (Lipinski definition) is 3. The van der Waals surface area contributed by atoms with E-state index in [0.717, 1.165) is 55.8 Å². The van der Waals surface area contributed by atoms with Gasteiger partial charge in [-0.25, -0.2) is 0 Å². The van der Waals surface area contributed by atoms with Gasteiger partial charge in [0.1, 0.15) is 5.75 Å². The maximum Gasteiger partial charge on any atom is 0.126 e. The highest BCUT2D eigenvalue weighted by Crippen LogP contribution is 2.28. The third kappa shape index (κ3) is 6.25. The molecule has 0 heterocycles. The first-order valence-corrected chi connectivity index (χ1v) is 8.09. The van der Waals surface area contributed by atoms with Gasteiger partial charge in [-0.1, -0.05) is 22.9 Å². The van der Waals surface area contributed by atoms with Crippen LogP contribution in [-0.4, -0.2) is 26.9 Å². The van der Waals surface area contributed by atoms with Gasteiger partial charge in [0, 0.05) is 30.3 Å². The summed E-state index contributed by atoms with van der Waals surface area (Å²) < 4.78 is 12.1. The Bertz CT molecular complexity index is 396. The molecular weight excluding hydrogens is 318 g/mol. The summed E-state index contributed by atoms with van der Waals surface area (Å²) in [7, 11) is 1.73. The van der Waals surface area contributed by atoms with Crippen LogP contribution in [0.2, 0.25) is 0 Å². The monoisotopic (exact) mass is 343 g/mol. The van der Waals surface area contributed by atoms with Gasteiger partial charge < -0.3 is 14.8 Å². The zero-order chi connectivity index (χ0) is 14.8. The normalized spacial score (nSPS) is 10.8. The second-order valence-corrected chi connectivity index (χ2v) is 5.85. The predicted octanol–water partition coefficient (Wildman–Crippen LogP) is 4.06. The fourth-order valence-corrected chi connectivity index (χ4v) is 2.68. The summed E-state index contributed by atoms with van der Waals surface area (Å²) in [6.45, 7) is 7.69. The lowest BCUT2D eigenvalue weighted by molar-refractivity contribution is 0.184. The number of hydrogen-bond donors (Lipinski definition) is 1. The quantitative estimate of drug-likeness (QED) is 0.649. The summed E-state index contributed by atoms with van der Waals surface area (Å²) in [6.07, 6.45) is 3.20. The maximum absolute atomic E-state index is 5.98. The van der Waals surface area contributed by atoms with Crippen molar-refractivity contribution in [2.45, 2.75) is 39.7 Å². The number of ether oxygens (including phenoxy) is 2. The lowest BCUT2D eigenvalue weighted by Crippen LogP contribution is -2.15. The highest BCUT2D eigenvalue weighted by Gasteiger charge is 2.09. The van der Waals surface area contributed by atoms with Gasteiger partial charge in [-0.3, -0.25) is 0 Å². The summed E-state index contributed by atoms with van der Waals surface area (Å²) in [5.41, 5.74) is 2.40. The molecule has 20 heavy (non-hydrogen) atoms. The Kier molecular flexibility index (Phi) is 8.90. The van der Waals surface area contributed by atoms with Gasteiger partial charge in [0.15, 0.2) is 0 Å². The summed E-state index contributed by atoms with van der Waals surface area (Å²) in [5.74, 6) is 1.02. The summed E-state index contributed by atoms with van der Waals surface area (Å²) in [4.78, 5) is 0. The second-order valence-electron chi connectivity index (χ2n) is 4.94.